The third kappa shape index (κ3) is 2.79. The van der Waals surface area contributed by atoms with Crippen LogP contribution in [0.3, 0.4) is 0 Å². The number of aromatic hydroxyl groups is 1. The number of benzene rings is 1. The molecule has 1 heterocycles. The molecule has 1 atom stereocenters. The van der Waals surface area contributed by atoms with Gasteiger partial charge in [-0.05, 0) is 55.8 Å². The second-order valence-corrected chi connectivity index (χ2v) is 6.51. The fourth-order valence-electron chi connectivity index (χ4n) is 3.68. The predicted octanol–water partition coefficient (Wildman–Crippen LogP) is 3.55. The van der Waals surface area contributed by atoms with E-state index in [1.165, 1.54) is 57.3 Å². The summed E-state index contributed by atoms with van der Waals surface area (Å²) in [5.74, 6) is 1.38. The number of nitrogens with zero attached hydrogens (tertiary/aromatic N) is 1. The zero-order valence-electron chi connectivity index (χ0n) is 11.9. The summed E-state index contributed by atoms with van der Waals surface area (Å²) in [6, 6.07) is 7.96. The summed E-state index contributed by atoms with van der Waals surface area (Å²) in [5, 5.41) is 9.76. The number of phenolic OH excluding ortho intramolecular Hbond substituents is 1. The highest BCUT2D eigenvalue weighted by Gasteiger charge is 2.40. The minimum atomic E-state index is 0.280. The van der Waals surface area contributed by atoms with Crippen molar-refractivity contribution in [3.63, 3.8) is 0 Å². The summed E-state index contributed by atoms with van der Waals surface area (Å²) in [4.78, 5) is 2.65. The predicted molar refractivity (Wildman–Crippen MR) is 78.5 cm³/mol. The molecule has 1 aromatic rings. The van der Waals surface area contributed by atoms with E-state index in [0.29, 0.717) is 5.75 Å². The van der Waals surface area contributed by atoms with Gasteiger partial charge in [0.25, 0.3) is 0 Å². The molecule has 1 aliphatic carbocycles. The maximum absolute atomic E-state index is 9.76. The maximum atomic E-state index is 9.76. The fraction of sp³-hybridized carbons (Fsp3) is 0.647. The molecule has 0 aromatic heterocycles. The van der Waals surface area contributed by atoms with E-state index in [1.807, 2.05) is 12.1 Å². The first-order chi connectivity index (χ1) is 9.22. The molecule has 0 bridgehead atoms. The molecule has 2 aliphatic rings. The lowest BCUT2D eigenvalue weighted by Crippen LogP contribution is -2.32. The van der Waals surface area contributed by atoms with Crippen LogP contribution in [0.25, 0.3) is 0 Å². The molecule has 1 aromatic carbocycles. The van der Waals surface area contributed by atoms with Crippen LogP contribution in [0.15, 0.2) is 24.3 Å². The summed E-state index contributed by atoms with van der Waals surface area (Å²) in [5.41, 5.74) is 1.62. The fourth-order valence-corrected chi connectivity index (χ4v) is 3.68. The van der Waals surface area contributed by atoms with Gasteiger partial charge in [-0.2, -0.15) is 0 Å². The highest BCUT2D eigenvalue weighted by molar-refractivity contribution is 5.34. The Morgan fingerprint density at radius 3 is 2.89 bits per heavy atom. The quantitative estimate of drug-likeness (QED) is 0.874. The lowest BCUT2D eigenvalue weighted by Gasteiger charge is -2.30. The van der Waals surface area contributed by atoms with Crippen molar-refractivity contribution in [1.82, 2.24) is 4.90 Å². The van der Waals surface area contributed by atoms with Gasteiger partial charge in [-0.3, -0.25) is 0 Å². The average Bonchev–Trinajstić information content (AvgIpc) is 3.11. The van der Waals surface area contributed by atoms with Gasteiger partial charge >= 0.3 is 0 Å². The van der Waals surface area contributed by atoms with Crippen molar-refractivity contribution in [2.24, 2.45) is 5.92 Å². The molecule has 2 fully saturated rings. The van der Waals surface area contributed by atoms with Crippen LogP contribution in [0.1, 0.15) is 44.6 Å². The van der Waals surface area contributed by atoms with E-state index in [0.717, 1.165) is 5.92 Å². The first-order valence-electron chi connectivity index (χ1n) is 7.74. The van der Waals surface area contributed by atoms with E-state index in [1.54, 1.807) is 6.07 Å². The molecule has 0 amide bonds. The second kappa shape index (κ2) is 5.16. The van der Waals surface area contributed by atoms with E-state index in [4.69, 9.17) is 0 Å². The monoisotopic (exact) mass is 259 g/mol. The molecular formula is C17H25NO. The van der Waals surface area contributed by atoms with Crippen LogP contribution >= 0.6 is 0 Å². The van der Waals surface area contributed by atoms with Crippen molar-refractivity contribution in [2.45, 2.75) is 44.4 Å². The van der Waals surface area contributed by atoms with E-state index in [9.17, 15) is 5.11 Å². The molecule has 0 radical (unpaired) electrons. The summed E-state index contributed by atoms with van der Waals surface area (Å²) < 4.78 is 0. The zero-order chi connectivity index (χ0) is 13.3. The topological polar surface area (TPSA) is 23.5 Å². The first kappa shape index (κ1) is 13.0. The van der Waals surface area contributed by atoms with Gasteiger partial charge in [-0.1, -0.05) is 25.5 Å². The Labute approximate surface area is 116 Å². The van der Waals surface area contributed by atoms with Crippen LogP contribution in [-0.2, 0) is 5.41 Å². The second-order valence-electron chi connectivity index (χ2n) is 6.51. The highest BCUT2D eigenvalue weighted by Crippen LogP contribution is 2.41. The van der Waals surface area contributed by atoms with Gasteiger partial charge in [0.15, 0.2) is 0 Å². The van der Waals surface area contributed by atoms with E-state index < -0.39 is 0 Å². The van der Waals surface area contributed by atoms with Crippen molar-refractivity contribution in [3.05, 3.63) is 29.8 Å². The minimum Gasteiger partial charge on any atom is -0.508 e. The van der Waals surface area contributed by atoms with Crippen LogP contribution in [-0.4, -0.2) is 29.6 Å². The van der Waals surface area contributed by atoms with Gasteiger partial charge < -0.3 is 10.0 Å². The molecule has 1 saturated heterocycles. The smallest absolute Gasteiger partial charge is 0.115 e. The van der Waals surface area contributed by atoms with Crippen molar-refractivity contribution in [1.29, 1.82) is 0 Å². The summed E-state index contributed by atoms with van der Waals surface area (Å²) in [6.07, 6.45) is 6.56. The molecule has 1 aliphatic heterocycles. The Kier molecular flexibility index (Phi) is 3.53. The van der Waals surface area contributed by atoms with Gasteiger partial charge in [0.1, 0.15) is 5.75 Å². The van der Waals surface area contributed by atoms with Crippen molar-refractivity contribution >= 4 is 0 Å². The SMILES string of the molecule is CCC[C@@]1(c2cccc(O)c2)CCN(CC2CC2)C1. The third-order valence-corrected chi connectivity index (χ3v) is 4.83. The number of rotatable bonds is 5. The number of hydrogen-bond acceptors (Lipinski definition) is 2. The maximum Gasteiger partial charge on any atom is 0.115 e. The normalized spacial score (nSPS) is 27.8. The molecule has 0 unspecified atom stereocenters. The van der Waals surface area contributed by atoms with E-state index in [2.05, 4.69) is 17.9 Å². The lowest BCUT2D eigenvalue weighted by atomic mass is 9.76. The number of phenols is 1. The molecule has 2 heteroatoms. The summed E-state index contributed by atoms with van der Waals surface area (Å²) in [6.45, 7) is 5.98. The van der Waals surface area contributed by atoms with Crippen LogP contribution in [0.4, 0.5) is 0 Å². The molecule has 0 spiro atoms. The summed E-state index contributed by atoms with van der Waals surface area (Å²) >= 11 is 0. The van der Waals surface area contributed by atoms with Crippen LogP contribution in [0.5, 0.6) is 5.75 Å². The largest absolute Gasteiger partial charge is 0.508 e. The van der Waals surface area contributed by atoms with Crippen molar-refractivity contribution in [2.75, 3.05) is 19.6 Å². The molecule has 3 rings (SSSR count). The standard InChI is InChI=1S/C17H25NO/c1-2-8-17(15-4-3-5-16(19)11-15)9-10-18(13-17)12-14-6-7-14/h3-5,11,14,19H,2,6-10,12-13H2,1H3/t17-/m1/s1. The lowest BCUT2D eigenvalue weighted by molar-refractivity contribution is 0.290. The van der Waals surface area contributed by atoms with Gasteiger partial charge in [0, 0.05) is 18.5 Å². The first-order valence-corrected chi connectivity index (χ1v) is 7.74. The Morgan fingerprint density at radius 2 is 2.21 bits per heavy atom. The van der Waals surface area contributed by atoms with Crippen LogP contribution in [0, 0.1) is 5.92 Å². The highest BCUT2D eigenvalue weighted by atomic mass is 16.3. The molecule has 19 heavy (non-hydrogen) atoms. The van der Waals surface area contributed by atoms with Gasteiger partial charge in [0.2, 0.25) is 0 Å². The third-order valence-electron chi connectivity index (χ3n) is 4.83. The Bertz CT molecular complexity index is 441. The number of hydrogen-bond donors (Lipinski definition) is 1. The molecule has 1 saturated carbocycles. The van der Waals surface area contributed by atoms with Gasteiger partial charge in [-0.15, -0.1) is 0 Å². The number of likely N-dealkylation sites (tertiary alicyclic amines) is 1. The zero-order valence-corrected chi connectivity index (χ0v) is 11.9. The average molecular weight is 259 g/mol. The minimum absolute atomic E-state index is 0.280. The molecule has 2 nitrogen and oxygen atoms in total. The van der Waals surface area contributed by atoms with Gasteiger partial charge in [0.05, 0.1) is 0 Å². The Hall–Kier alpha value is -1.02. The van der Waals surface area contributed by atoms with E-state index in [-0.39, 0.29) is 5.41 Å². The molecular weight excluding hydrogens is 234 g/mol. The van der Waals surface area contributed by atoms with Crippen molar-refractivity contribution < 1.29 is 5.11 Å². The van der Waals surface area contributed by atoms with E-state index >= 15 is 0 Å². The summed E-state index contributed by atoms with van der Waals surface area (Å²) in [7, 11) is 0. The van der Waals surface area contributed by atoms with Crippen LogP contribution in [0.2, 0.25) is 0 Å². The Balaban J connectivity index is 1.79. The molecule has 104 valence electrons. The molecule has 1 N–H and O–H groups in total. The van der Waals surface area contributed by atoms with Crippen LogP contribution < -0.4 is 0 Å². The van der Waals surface area contributed by atoms with Crippen molar-refractivity contribution in [3.8, 4) is 5.75 Å². The van der Waals surface area contributed by atoms with Gasteiger partial charge in [-0.25, -0.2) is 0 Å². The Morgan fingerprint density at radius 1 is 1.37 bits per heavy atom.